The summed E-state index contributed by atoms with van der Waals surface area (Å²) in [6.45, 7) is 2.51. The summed E-state index contributed by atoms with van der Waals surface area (Å²) in [5.74, 6) is -0.260. The smallest absolute Gasteiger partial charge is 0.271 e. The van der Waals surface area contributed by atoms with E-state index in [4.69, 9.17) is 0 Å². The molecule has 0 radical (unpaired) electrons. The Hall–Kier alpha value is -2.73. The molecule has 0 heterocycles. The number of carbonyl (C=O) groups excluding carboxylic acids is 1. The summed E-state index contributed by atoms with van der Waals surface area (Å²) in [6.07, 6.45) is 0. The lowest BCUT2D eigenvalue weighted by molar-refractivity contribution is -0.384. The van der Waals surface area contributed by atoms with Crippen molar-refractivity contribution in [2.45, 2.75) is 20.0 Å². The zero-order valence-corrected chi connectivity index (χ0v) is 12.2. The van der Waals surface area contributed by atoms with Gasteiger partial charge in [-0.05, 0) is 17.2 Å². The molecule has 0 spiro atoms. The molecule has 0 unspecified atom stereocenters. The predicted molar refractivity (Wildman–Crippen MR) is 84.4 cm³/mol. The van der Waals surface area contributed by atoms with Crippen LogP contribution in [0.4, 0.5) is 11.4 Å². The molecule has 0 aliphatic carbocycles. The monoisotopic (exact) mass is 299 g/mol. The molecule has 2 aromatic rings. The van der Waals surface area contributed by atoms with Gasteiger partial charge in [0.2, 0.25) is 5.91 Å². The van der Waals surface area contributed by atoms with Crippen molar-refractivity contribution in [3.8, 4) is 0 Å². The molecule has 2 aromatic carbocycles. The molecule has 114 valence electrons. The molecule has 0 saturated heterocycles. The zero-order chi connectivity index (χ0) is 15.9. The van der Waals surface area contributed by atoms with Crippen LogP contribution in [0.5, 0.6) is 0 Å². The summed E-state index contributed by atoms with van der Waals surface area (Å²) in [4.78, 5) is 21.6. The Kier molecular flexibility index (Phi) is 5.21. The maximum Gasteiger partial charge on any atom is 0.271 e. The van der Waals surface area contributed by atoms with Crippen molar-refractivity contribution in [2.24, 2.45) is 0 Å². The molecule has 22 heavy (non-hydrogen) atoms. The Morgan fingerprint density at radius 3 is 2.41 bits per heavy atom. The number of nitrogens with zero attached hydrogens (tertiary/aromatic N) is 1. The zero-order valence-electron chi connectivity index (χ0n) is 12.2. The van der Waals surface area contributed by atoms with Crippen LogP contribution in [0.2, 0.25) is 0 Å². The molecular weight excluding hydrogens is 282 g/mol. The molecule has 1 amide bonds. The van der Waals surface area contributed by atoms with Crippen LogP contribution >= 0.6 is 0 Å². The summed E-state index contributed by atoms with van der Waals surface area (Å²) >= 11 is 0. The lowest BCUT2D eigenvalue weighted by Crippen LogP contribution is -2.13. The van der Waals surface area contributed by atoms with Gasteiger partial charge in [0.05, 0.1) is 4.92 Å². The Morgan fingerprint density at radius 2 is 1.77 bits per heavy atom. The molecule has 0 saturated carbocycles. The summed E-state index contributed by atoms with van der Waals surface area (Å²) in [5, 5.41) is 16.8. The first-order chi connectivity index (χ1) is 10.5. The van der Waals surface area contributed by atoms with Gasteiger partial charge < -0.3 is 10.6 Å². The minimum absolute atomic E-state index is 0.0391. The van der Waals surface area contributed by atoms with E-state index in [2.05, 4.69) is 10.6 Å². The van der Waals surface area contributed by atoms with Gasteiger partial charge in [-0.25, -0.2) is 0 Å². The molecule has 0 bridgehead atoms. The van der Waals surface area contributed by atoms with Gasteiger partial charge in [0.1, 0.15) is 0 Å². The maximum atomic E-state index is 11.1. The number of nitrogens with one attached hydrogen (secondary N) is 2. The van der Waals surface area contributed by atoms with Gasteiger partial charge in [0, 0.05) is 37.8 Å². The number of hydrogen-bond acceptors (Lipinski definition) is 4. The molecule has 0 aliphatic rings. The normalized spacial score (nSPS) is 10.2. The highest BCUT2D eigenvalue weighted by molar-refractivity contribution is 5.89. The number of nitro groups is 1. The average molecular weight is 299 g/mol. The number of hydrogen-bond donors (Lipinski definition) is 2. The number of anilines is 1. The van der Waals surface area contributed by atoms with E-state index < -0.39 is 4.92 Å². The lowest BCUT2D eigenvalue weighted by atomic mass is 10.1. The summed E-state index contributed by atoms with van der Waals surface area (Å²) in [6, 6.07) is 14.5. The molecule has 0 fully saturated rings. The highest BCUT2D eigenvalue weighted by atomic mass is 16.6. The molecule has 2 N–H and O–H groups in total. The predicted octanol–water partition coefficient (Wildman–Crippen LogP) is 2.84. The van der Waals surface area contributed by atoms with Gasteiger partial charge in [-0.15, -0.1) is 0 Å². The number of benzene rings is 2. The van der Waals surface area contributed by atoms with Gasteiger partial charge in [-0.3, -0.25) is 14.9 Å². The summed E-state index contributed by atoms with van der Waals surface area (Å²) in [7, 11) is 0. The molecule has 0 aromatic heterocycles. The van der Waals surface area contributed by atoms with Gasteiger partial charge >= 0.3 is 0 Å². The molecule has 2 rings (SSSR count). The molecule has 6 heteroatoms. The Morgan fingerprint density at radius 1 is 1.09 bits per heavy atom. The Balaban J connectivity index is 2.07. The number of rotatable bonds is 6. The third kappa shape index (κ3) is 4.68. The number of non-ortho nitro benzene ring substituents is 1. The maximum absolute atomic E-state index is 11.1. The Labute approximate surface area is 128 Å². The fraction of sp³-hybridized carbons (Fsp3) is 0.188. The van der Waals surface area contributed by atoms with Crippen molar-refractivity contribution in [2.75, 3.05) is 5.32 Å². The quantitative estimate of drug-likeness (QED) is 0.634. The van der Waals surface area contributed by atoms with Crippen LogP contribution in [0.15, 0.2) is 48.5 Å². The molecule has 0 atom stereocenters. The number of nitro benzene ring substituents is 1. The first kappa shape index (κ1) is 15.7. The fourth-order valence-electron chi connectivity index (χ4n) is 2.10. The van der Waals surface area contributed by atoms with E-state index in [0.717, 1.165) is 11.1 Å². The number of carbonyl (C=O) groups is 1. The first-order valence-electron chi connectivity index (χ1n) is 6.85. The minimum Gasteiger partial charge on any atom is -0.326 e. The average Bonchev–Trinajstić information content (AvgIpc) is 2.47. The van der Waals surface area contributed by atoms with E-state index in [9.17, 15) is 14.9 Å². The van der Waals surface area contributed by atoms with Gasteiger partial charge in [-0.1, -0.05) is 30.3 Å². The third-order valence-electron chi connectivity index (χ3n) is 3.01. The van der Waals surface area contributed by atoms with Gasteiger partial charge in [0.25, 0.3) is 5.69 Å². The van der Waals surface area contributed by atoms with E-state index >= 15 is 0 Å². The summed E-state index contributed by atoms with van der Waals surface area (Å²) in [5.41, 5.74) is 2.27. The van der Waals surface area contributed by atoms with E-state index in [1.807, 2.05) is 30.3 Å². The van der Waals surface area contributed by atoms with Crippen LogP contribution in [0.25, 0.3) is 0 Å². The molecule has 0 aliphatic heterocycles. The van der Waals surface area contributed by atoms with Crippen LogP contribution < -0.4 is 10.6 Å². The highest BCUT2D eigenvalue weighted by Crippen LogP contribution is 2.21. The number of amides is 1. The van der Waals surface area contributed by atoms with E-state index in [0.29, 0.717) is 18.8 Å². The summed E-state index contributed by atoms with van der Waals surface area (Å²) < 4.78 is 0. The van der Waals surface area contributed by atoms with Gasteiger partial charge in [-0.2, -0.15) is 0 Å². The highest BCUT2D eigenvalue weighted by Gasteiger charge is 2.10. The largest absolute Gasteiger partial charge is 0.326 e. The fourth-order valence-corrected chi connectivity index (χ4v) is 2.10. The van der Waals surface area contributed by atoms with Crippen molar-refractivity contribution in [1.82, 2.24) is 5.32 Å². The van der Waals surface area contributed by atoms with Gasteiger partial charge in [0.15, 0.2) is 0 Å². The first-order valence-corrected chi connectivity index (χ1v) is 6.85. The van der Waals surface area contributed by atoms with Crippen LogP contribution in [0, 0.1) is 10.1 Å². The van der Waals surface area contributed by atoms with Crippen molar-refractivity contribution < 1.29 is 9.72 Å². The van der Waals surface area contributed by atoms with Crippen molar-refractivity contribution in [3.63, 3.8) is 0 Å². The van der Waals surface area contributed by atoms with E-state index in [1.165, 1.54) is 19.1 Å². The second-order valence-corrected chi connectivity index (χ2v) is 4.92. The minimum atomic E-state index is -0.466. The van der Waals surface area contributed by atoms with Crippen LogP contribution in [0.1, 0.15) is 18.1 Å². The topological polar surface area (TPSA) is 84.3 Å². The van der Waals surface area contributed by atoms with Crippen LogP contribution in [0.3, 0.4) is 0 Å². The van der Waals surface area contributed by atoms with Crippen molar-refractivity contribution >= 4 is 17.3 Å². The molecule has 6 nitrogen and oxygen atoms in total. The third-order valence-corrected chi connectivity index (χ3v) is 3.01. The van der Waals surface area contributed by atoms with E-state index in [1.54, 1.807) is 6.07 Å². The van der Waals surface area contributed by atoms with Crippen molar-refractivity contribution in [1.29, 1.82) is 0 Å². The molecular formula is C16H17N3O3. The second-order valence-electron chi connectivity index (χ2n) is 4.92. The second kappa shape index (κ2) is 7.33. The Bertz CT molecular complexity index is 672. The lowest BCUT2D eigenvalue weighted by Gasteiger charge is -2.08. The van der Waals surface area contributed by atoms with E-state index in [-0.39, 0.29) is 11.6 Å². The van der Waals surface area contributed by atoms with Crippen LogP contribution in [-0.4, -0.2) is 10.8 Å². The van der Waals surface area contributed by atoms with Crippen molar-refractivity contribution in [3.05, 3.63) is 69.8 Å². The SMILES string of the molecule is CC(=O)Nc1cc(CNCc2ccccc2)cc([N+](=O)[O-])c1. The van der Waals surface area contributed by atoms with Crippen LogP contribution in [-0.2, 0) is 17.9 Å². The standard InChI is InChI=1S/C16H17N3O3/c1-12(20)18-15-7-14(8-16(9-15)19(21)22)11-17-10-13-5-3-2-4-6-13/h2-9,17H,10-11H2,1H3,(H,18,20).